The number of benzene rings is 2. The molecule has 0 radical (unpaired) electrons. The predicted molar refractivity (Wildman–Crippen MR) is 76.2 cm³/mol. The number of hydrogen-bond acceptors (Lipinski definition) is 3. The molecule has 2 aromatic carbocycles. The van der Waals surface area contributed by atoms with Crippen molar-refractivity contribution in [3.05, 3.63) is 64.7 Å². The maximum Gasteiger partial charge on any atom is 0.339 e. The third kappa shape index (κ3) is 3.56. The Hall–Kier alpha value is -2.43. The van der Waals surface area contributed by atoms with Crippen LogP contribution in [0, 0.1) is 18.6 Å². The zero-order valence-corrected chi connectivity index (χ0v) is 11.7. The second kappa shape index (κ2) is 6.35. The van der Waals surface area contributed by atoms with Crippen LogP contribution in [-0.2, 0) is 11.3 Å². The van der Waals surface area contributed by atoms with E-state index in [1.807, 2.05) is 13.0 Å². The quantitative estimate of drug-likeness (QED) is 0.873. The van der Waals surface area contributed by atoms with Gasteiger partial charge in [-0.15, -0.1) is 0 Å². The van der Waals surface area contributed by atoms with Gasteiger partial charge in [0.15, 0.2) is 0 Å². The number of halogens is 2. The van der Waals surface area contributed by atoms with Gasteiger partial charge in [-0.2, -0.15) is 0 Å². The van der Waals surface area contributed by atoms with Crippen LogP contribution in [0.15, 0.2) is 36.4 Å². The zero-order chi connectivity index (χ0) is 15.4. The first kappa shape index (κ1) is 15.0. The molecule has 0 aromatic heterocycles. The van der Waals surface area contributed by atoms with E-state index in [1.165, 1.54) is 7.11 Å². The molecule has 0 saturated carbocycles. The highest BCUT2D eigenvalue weighted by molar-refractivity contribution is 5.95. The Morgan fingerprint density at radius 2 is 1.95 bits per heavy atom. The molecule has 21 heavy (non-hydrogen) atoms. The molecule has 0 atom stereocenters. The van der Waals surface area contributed by atoms with Gasteiger partial charge in [0.2, 0.25) is 0 Å². The summed E-state index contributed by atoms with van der Waals surface area (Å²) in [5.74, 6) is -1.50. The number of anilines is 1. The number of carbonyl (C=O) groups is 1. The van der Waals surface area contributed by atoms with Crippen LogP contribution >= 0.6 is 0 Å². The largest absolute Gasteiger partial charge is 0.465 e. The Bertz CT molecular complexity index is 671. The minimum Gasteiger partial charge on any atom is -0.465 e. The number of ether oxygens (including phenoxy) is 1. The Morgan fingerprint density at radius 1 is 1.19 bits per heavy atom. The van der Waals surface area contributed by atoms with Gasteiger partial charge in [0.05, 0.1) is 12.7 Å². The molecule has 1 N–H and O–H groups in total. The van der Waals surface area contributed by atoms with Crippen molar-refractivity contribution in [1.82, 2.24) is 0 Å². The Morgan fingerprint density at radius 3 is 2.67 bits per heavy atom. The molecular formula is C16H15F2NO2. The Balaban J connectivity index is 2.24. The fourth-order valence-corrected chi connectivity index (χ4v) is 1.96. The SMILES string of the molecule is COC(=O)c1cc(C)ccc1NCc1cc(F)ccc1F. The summed E-state index contributed by atoms with van der Waals surface area (Å²) in [6, 6.07) is 8.45. The molecule has 0 aliphatic rings. The molecule has 0 spiro atoms. The first-order valence-corrected chi connectivity index (χ1v) is 6.38. The molecule has 0 amide bonds. The average molecular weight is 291 g/mol. The number of methoxy groups -OCH3 is 1. The molecule has 0 fully saturated rings. The molecule has 0 bridgehead atoms. The second-order valence-electron chi connectivity index (χ2n) is 4.63. The van der Waals surface area contributed by atoms with Crippen molar-refractivity contribution in [2.24, 2.45) is 0 Å². The first-order chi connectivity index (χ1) is 10.0. The fourth-order valence-electron chi connectivity index (χ4n) is 1.96. The van der Waals surface area contributed by atoms with Crippen LogP contribution in [-0.4, -0.2) is 13.1 Å². The molecule has 0 heterocycles. The number of esters is 1. The van der Waals surface area contributed by atoms with E-state index in [-0.39, 0.29) is 12.1 Å². The Labute approximate surface area is 121 Å². The van der Waals surface area contributed by atoms with E-state index < -0.39 is 17.6 Å². The van der Waals surface area contributed by atoms with Crippen LogP contribution in [0.5, 0.6) is 0 Å². The van der Waals surface area contributed by atoms with Crippen LogP contribution in [0.2, 0.25) is 0 Å². The van der Waals surface area contributed by atoms with Gasteiger partial charge in [-0.25, -0.2) is 13.6 Å². The van der Waals surface area contributed by atoms with Gasteiger partial charge >= 0.3 is 5.97 Å². The molecule has 0 aliphatic heterocycles. The summed E-state index contributed by atoms with van der Waals surface area (Å²) in [4.78, 5) is 11.7. The molecule has 0 unspecified atom stereocenters. The number of carbonyl (C=O) groups excluding carboxylic acids is 1. The molecule has 0 aliphatic carbocycles. The molecule has 3 nitrogen and oxygen atoms in total. The lowest BCUT2D eigenvalue weighted by atomic mass is 10.1. The number of rotatable bonds is 4. The van der Waals surface area contributed by atoms with Crippen LogP contribution in [0.25, 0.3) is 0 Å². The average Bonchev–Trinajstić information content (AvgIpc) is 2.48. The summed E-state index contributed by atoms with van der Waals surface area (Å²) in [5, 5.41) is 2.93. The van der Waals surface area contributed by atoms with Gasteiger partial charge in [0, 0.05) is 17.8 Å². The van der Waals surface area contributed by atoms with E-state index in [1.54, 1.807) is 12.1 Å². The summed E-state index contributed by atoms with van der Waals surface area (Å²) < 4.78 is 31.4. The minimum atomic E-state index is -0.509. The smallest absolute Gasteiger partial charge is 0.339 e. The van der Waals surface area contributed by atoms with Crippen molar-refractivity contribution in [3.8, 4) is 0 Å². The van der Waals surface area contributed by atoms with Crippen molar-refractivity contribution in [2.75, 3.05) is 12.4 Å². The van der Waals surface area contributed by atoms with E-state index in [9.17, 15) is 13.6 Å². The highest BCUT2D eigenvalue weighted by Gasteiger charge is 2.12. The summed E-state index contributed by atoms with van der Waals surface area (Å²) >= 11 is 0. The lowest BCUT2D eigenvalue weighted by Gasteiger charge is -2.12. The van der Waals surface area contributed by atoms with E-state index >= 15 is 0 Å². The van der Waals surface area contributed by atoms with E-state index in [2.05, 4.69) is 5.32 Å². The van der Waals surface area contributed by atoms with Crippen molar-refractivity contribution < 1.29 is 18.3 Å². The predicted octanol–water partition coefficient (Wildman–Crippen LogP) is 3.67. The monoisotopic (exact) mass is 291 g/mol. The highest BCUT2D eigenvalue weighted by atomic mass is 19.1. The molecule has 5 heteroatoms. The molecule has 2 aromatic rings. The normalized spacial score (nSPS) is 10.3. The Kier molecular flexibility index (Phi) is 4.52. The maximum absolute atomic E-state index is 13.6. The molecule has 2 rings (SSSR count). The summed E-state index contributed by atoms with van der Waals surface area (Å²) in [6.45, 7) is 1.92. The van der Waals surface area contributed by atoms with Gasteiger partial charge in [-0.3, -0.25) is 0 Å². The number of nitrogens with one attached hydrogen (secondary N) is 1. The van der Waals surface area contributed by atoms with E-state index in [0.29, 0.717) is 11.3 Å². The van der Waals surface area contributed by atoms with Gasteiger partial charge in [0.1, 0.15) is 11.6 Å². The van der Waals surface area contributed by atoms with Crippen molar-refractivity contribution in [2.45, 2.75) is 13.5 Å². The van der Waals surface area contributed by atoms with Crippen molar-refractivity contribution >= 4 is 11.7 Å². The van der Waals surface area contributed by atoms with Crippen molar-refractivity contribution in [1.29, 1.82) is 0 Å². The van der Waals surface area contributed by atoms with E-state index in [0.717, 1.165) is 23.8 Å². The summed E-state index contributed by atoms with van der Waals surface area (Å²) in [7, 11) is 1.29. The third-order valence-corrected chi connectivity index (χ3v) is 3.06. The van der Waals surface area contributed by atoms with Crippen LogP contribution < -0.4 is 5.32 Å². The molecular weight excluding hydrogens is 276 g/mol. The molecule has 110 valence electrons. The van der Waals surface area contributed by atoms with Crippen molar-refractivity contribution in [3.63, 3.8) is 0 Å². The van der Waals surface area contributed by atoms with Gasteiger partial charge < -0.3 is 10.1 Å². The lowest BCUT2D eigenvalue weighted by molar-refractivity contribution is 0.0601. The van der Waals surface area contributed by atoms with Crippen LogP contribution in [0.4, 0.5) is 14.5 Å². The maximum atomic E-state index is 13.6. The standard InChI is InChI=1S/C16H15F2NO2/c1-10-3-6-15(13(7-10)16(20)21-2)19-9-11-8-12(17)4-5-14(11)18/h3-8,19H,9H2,1-2H3. The van der Waals surface area contributed by atoms with Crippen LogP contribution in [0.3, 0.4) is 0 Å². The molecule has 0 saturated heterocycles. The third-order valence-electron chi connectivity index (χ3n) is 3.06. The number of hydrogen-bond donors (Lipinski definition) is 1. The topological polar surface area (TPSA) is 38.3 Å². The van der Waals surface area contributed by atoms with Gasteiger partial charge in [-0.05, 0) is 37.3 Å². The zero-order valence-electron chi connectivity index (χ0n) is 11.7. The van der Waals surface area contributed by atoms with Crippen LogP contribution in [0.1, 0.15) is 21.5 Å². The first-order valence-electron chi connectivity index (χ1n) is 6.38. The fraction of sp³-hybridized carbons (Fsp3) is 0.188. The summed E-state index contributed by atoms with van der Waals surface area (Å²) in [6.07, 6.45) is 0. The minimum absolute atomic E-state index is 0.0661. The van der Waals surface area contributed by atoms with Gasteiger partial charge in [0.25, 0.3) is 0 Å². The summed E-state index contributed by atoms with van der Waals surface area (Å²) in [5.41, 5.74) is 1.95. The second-order valence-corrected chi connectivity index (χ2v) is 4.63. The lowest BCUT2D eigenvalue weighted by Crippen LogP contribution is -2.09. The highest BCUT2D eigenvalue weighted by Crippen LogP contribution is 2.20. The van der Waals surface area contributed by atoms with Gasteiger partial charge in [-0.1, -0.05) is 11.6 Å². The van der Waals surface area contributed by atoms with E-state index in [4.69, 9.17) is 4.74 Å². The number of aryl methyl sites for hydroxylation is 1.